The van der Waals surface area contributed by atoms with Crippen molar-refractivity contribution in [1.29, 1.82) is 0 Å². The molecule has 0 bridgehead atoms. The maximum absolute atomic E-state index is 11.8. The van der Waals surface area contributed by atoms with Gasteiger partial charge in [-0.3, -0.25) is 19.9 Å². The van der Waals surface area contributed by atoms with Gasteiger partial charge in [0, 0.05) is 24.4 Å². The summed E-state index contributed by atoms with van der Waals surface area (Å²) in [5.41, 5.74) is 16.5. The van der Waals surface area contributed by atoms with Crippen LogP contribution in [0, 0.1) is 10.1 Å². The molecule has 130 valence electrons. The van der Waals surface area contributed by atoms with Crippen LogP contribution < -0.4 is 22.5 Å². The molecule has 0 heterocycles. The van der Waals surface area contributed by atoms with Gasteiger partial charge in [0.05, 0.1) is 11.0 Å². The van der Waals surface area contributed by atoms with Gasteiger partial charge in [0.2, 0.25) is 5.91 Å². The highest BCUT2D eigenvalue weighted by Crippen LogP contribution is 2.15. The monoisotopic (exact) mass is 366 g/mol. The predicted octanol–water partition coefficient (Wildman–Crippen LogP) is 0.758. The molecule has 7 N–H and O–H groups in total. The minimum atomic E-state index is -0.700. The summed E-state index contributed by atoms with van der Waals surface area (Å²) in [4.78, 5) is 25.6. The number of carbonyl (C=O) groups is 1. The van der Waals surface area contributed by atoms with E-state index in [4.69, 9.17) is 17.2 Å². The Balaban J connectivity index is 0. The van der Waals surface area contributed by atoms with E-state index in [1.165, 1.54) is 24.3 Å². The summed E-state index contributed by atoms with van der Waals surface area (Å²) >= 11 is 0. The number of nitrogens with one attached hydrogen (secondary N) is 1. The van der Waals surface area contributed by atoms with Crippen LogP contribution in [0.25, 0.3) is 0 Å². The number of guanidine groups is 1. The predicted molar refractivity (Wildman–Crippen MR) is 94.1 cm³/mol. The van der Waals surface area contributed by atoms with Crippen molar-refractivity contribution in [3.05, 3.63) is 34.4 Å². The van der Waals surface area contributed by atoms with Crippen molar-refractivity contribution in [2.75, 3.05) is 11.9 Å². The molecular weight excluding hydrogens is 347 g/mol. The maximum Gasteiger partial charge on any atom is 0.269 e. The third-order valence-electron chi connectivity index (χ3n) is 2.65. The number of rotatable bonds is 7. The fraction of sp³-hybridized carbons (Fsp3) is 0.333. The summed E-state index contributed by atoms with van der Waals surface area (Å²) in [6, 6.07) is 4.80. The van der Waals surface area contributed by atoms with Crippen LogP contribution in [0.4, 0.5) is 11.4 Å². The molecule has 0 spiro atoms. The third-order valence-corrected chi connectivity index (χ3v) is 2.65. The van der Waals surface area contributed by atoms with Crippen molar-refractivity contribution in [3.63, 3.8) is 0 Å². The van der Waals surface area contributed by atoms with E-state index in [2.05, 4.69) is 10.3 Å². The normalized spacial score (nSPS) is 10.5. The Labute approximate surface area is 145 Å². The molecule has 9 nitrogen and oxygen atoms in total. The summed E-state index contributed by atoms with van der Waals surface area (Å²) in [5.74, 6) is -0.368. The largest absolute Gasteiger partial charge is 0.370 e. The molecule has 23 heavy (non-hydrogen) atoms. The highest BCUT2D eigenvalue weighted by molar-refractivity contribution is 5.94. The highest BCUT2D eigenvalue weighted by Gasteiger charge is 2.13. The second kappa shape index (κ2) is 11.5. The zero-order valence-corrected chi connectivity index (χ0v) is 13.8. The van der Waals surface area contributed by atoms with Crippen molar-refractivity contribution in [1.82, 2.24) is 0 Å². The van der Waals surface area contributed by atoms with E-state index in [1.54, 1.807) is 0 Å². The minimum Gasteiger partial charge on any atom is -0.370 e. The lowest BCUT2D eigenvalue weighted by Crippen LogP contribution is -2.35. The lowest BCUT2D eigenvalue weighted by atomic mass is 10.1. The van der Waals surface area contributed by atoms with Gasteiger partial charge in [-0.1, -0.05) is 0 Å². The molecule has 0 unspecified atom stereocenters. The van der Waals surface area contributed by atoms with Gasteiger partial charge in [-0.05, 0) is 25.0 Å². The van der Waals surface area contributed by atoms with E-state index in [-0.39, 0.29) is 42.4 Å². The van der Waals surface area contributed by atoms with E-state index < -0.39 is 11.0 Å². The van der Waals surface area contributed by atoms with E-state index in [1.807, 2.05) is 0 Å². The molecule has 1 atom stereocenters. The SMILES string of the molecule is Cl.Cl.NC(N)=NCCC[C@H](N)C(=O)Nc1ccc([N+](=O)[O-])cc1. The summed E-state index contributed by atoms with van der Waals surface area (Å²) in [6.45, 7) is 0.404. The zero-order chi connectivity index (χ0) is 15.8. The Morgan fingerprint density at radius 2 is 1.83 bits per heavy atom. The number of carbonyl (C=O) groups excluding carboxylic acids is 1. The summed E-state index contributed by atoms with van der Waals surface area (Å²) < 4.78 is 0. The Kier molecular flexibility index (Phi) is 11.5. The Morgan fingerprint density at radius 1 is 1.26 bits per heavy atom. The smallest absolute Gasteiger partial charge is 0.269 e. The number of nitrogens with zero attached hydrogens (tertiary/aromatic N) is 2. The number of halogens is 2. The standard InChI is InChI=1S/C12H18N6O3.2ClH/c13-10(2-1-7-16-12(14)15)11(19)17-8-3-5-9(6-4-8)18(20)21;;/h3-6,10H,1-2,7,13H2,(H,17,19)(H4,14,15,16);2*1H/t10-;;/m0../s1. The van der Waals surface area contributed by atoms with Crippen LogP contribution in [0.1, 0.15) is 12.8 Å². The van der Waals surface area contributed by atoms with Gasteiger partial charge >= 0.3 is 0 Å². The molecule has 0 aliphatic rings. The Bertz CT molecular complexity index is 534. The van der Waals surface area contributed by atoms with Crippen LogP contribution in [0.5, 0.6) is 0 Å². The molecule has 1 aromatic carbocycles. The molecule has 0 fully saturated rings. The van der Waals surface area contributed by atoms with Crippen molar-refractivity contribution >= 4 is 48.1 Å². The number of nitro groups is 1. The van der Waals surface area contributed by atoms with E-state index in [9.17, 15) is 14.9 Å². The second-order valence-electron chi connectivity index (χ2n) is 4.35. The number of hydrogen-bond donors (Lipinski definition) is 4. The lowest BCUT2D eigenvalue weighted by molar-refractivity contribution is -0.384. The lowest BCUT2D eigenvalue weighted by Gasteiger charge is -2.11. The van der Waals surface area contributed by atoms with Gasteiger partial charge in [-0.2, -0.15) is 0 Å². The summed E-state index contributed by atoms with van der Waals surface area (Å²) in [7, 11) is 0. The molecule has 0 saturated heterocycles. The van der Waals surface area contributed by atoms with Gasteiger partial charge in [-0.25, -0.2) is 0 Å². The van der Waals surface area contributed by atoms with Gasteiger partial charge in [0.15, 0.2) is 5.96 Å². The first-order valence-electron chi connectivity index (χ1n) is 6.26. The summed E-state index contributed by atoms with van der Waals surface area (Å²) in [6.07, 6.45) is 1.00. The van der Waals surface area contributed by atoms with E-state index in [0.717, 1.165) is 0 Å². The first kappa shape index (κ1) is 23.2. The number of benzene rings is 1. The van der Waals surface area contributed by atoms with Crippen molar-refractivity contribution in [3.8, 4) is 0 Å². The number of aliphatic imine (C=N–C) groups is 1. The van der Waals surface area contributed by atoms with Crippen molar-refractivity contribution in [2.24, 2.45) is 22.2 Å². The number of anilines is 1. The van der Waals surface area contributed by atoms with E-state index in [0.29, 0.717) is 25.1 Å². The number of non-ortho nitro benzene ring substituents is 1. The number of amides is 1. The molecule has 0 aliphatic carbocycles. The average molecular weight is 367 g/mol. The highest BCUT2D eigenvalue weighted by atomic mass is 35.5. The Morgan fingerprint density at radius 3 is 2.30 bits per heavy atom. The Hall–Kier alpha value is -2.10. The topological polar surface area (TPSA) is 163 Å². The van der Waals surface area contributed by atoms with Gasteiger partial charge in [-0.15, -0.1) is 24.8 Å². The first-order valence-corrected chi connectivity index (χ1v) is 6.26. The third kappa shape index (κ3) is 8.81. The number of hydrogen-bond acceptors (Lipinski definition) is 5. The molecule has 11 heteroatoms. The van der Waals surface area contributed by atoms with Gasteiger partial charge in [0.1, 0.15) is 0 Å². The van der Waals surface area contributed by atoms with Gasteiger partial charge < -0.3 is 22.5 Å². The zero-order valence-electron chi connectivity index (χ0n) is 12.2. The second-order valence-corrected chi connectivity index (χ2v) is 4.35. The van der Waals surface area contributed by atoms with Gasteiger partial charge in [0.25, 0.3) is 5.69 Å². The van der Waals surface area contributed by atoms with Crippen LogP contribution in [0.3, 0.4) is 0 Å². The fourth-order valence-electron chi connectivity index (χ4n) is 1.55. The minimum absolute atomic E-state index is 0. The number of nitro benzene ring substituents is 1. The fourth-order valence-corrected chi connectivity index (χ4v) is 1.55. The number of nitrogens with two attached hydrogens (primary N) is 3. The van der Waals surface area contributed by atoms with Crippen LogP contribution >= 0.6 is 24.8 Å². The quantitative estimate of drug-likeness (QED) is 0.183. The van der Waals surface area contributed by atoms with Crippen LogP contribution in [0.15, 0.2) is 29.3 Å². The molecular formula is C12H20Cl2N6O3. The van der Waals surface area contributed by atoms with E-state index >= 15 is 0 Å². The molecule has 1 aromatic rings. The molecule has 0 saturated carbocycles. The van der Waals surface area contributed by atoms with Crippen LogP contribution in [-0.2, 0) is 4.79 Å². The first-order chi connectivity index (χ1) is 9.90. The molecule has 0 aliphatic heterocycles. The average Bonchev–Trinajstić information content (AvgIpc) is 2.43. The molecule has 1 amide bonds. The molecule has 0 radical (unpaired) electrons. The van der Waals surface area contributed by atoms with Crippen molar-refractivity contribution in [2.45, 2.75) is 18.9 Å². The summed E-state index contributed by atoms with van der Waals surface area (Å²) in [5, 5.41) is 13.1. The van der Waals surface area contributed by atoms with Crippen molar-refractivity contribution < 1.29 is 9.72 Å². The van der Waals surface area contributed by atoms with Crippen LogP contribution in [-0.4, -0.2) is 29.4 Å². The van der Waals surface area contributed by atoms with Crippen LogP contribution in [0.2, 0.25) is 0 Å². The maximum atomic E-state index is 11.8. The molecule has 0 aromatic heterocycles. The molecule has 1 rings (SSSR count).